The van der Waals surface area contributed by atoms with Gasteiger partial charge in [0.05, 0.1) is 6.04 Å². The van der Waals surface area contributed by atoms with Crippen molar-refractivity contribution in [2.75, 3.05) is 6.54 Å². The number of hydrogen-bond acceptors (Lipinski definition) is 5. The van der Waals surface area contributed by atoms with Crippen LogP contribution in [-0.4, -0.2) is 36.7 Å². The third kappa shape index (κ3) is 10.3. The fourth-order valence-corrected chi connectivity index (χ4v) is 2.08. The van der Waals surface area contributed by atoms with Crippen molar-refractivity contribution in [2.24, 2.45) is 0 Å². The van der Waals surface area contributed by atoms with Crippen LogP contribution in [-0.2, 0) is 20.9 Å². The van der Waals surface area contributed by atoms with Gasteiger partial charge in [-0.25, -0.2) is 9.59 Å². The van der Waals surface area contributed by atoms with Crippen molar-refractivity contribution in [3.05, 3.63) is 35.9 Å². The Morgan fingerprint density at radius 1 is 1.12 bits per heavy atom. The van der Waals surface area contributed by atoms with Crippen LogP contribution in [0, 0.1) is 0 Å². The van der Waals surface area contributed by atoms with Gasteiger partial charge in [0.15, 0.2) is 0 Å². The summed E-state index contributed by atoms with van der Waals surface area (Å²) in [5.41, 5.74) is 0.343. The molecule has 0 aliphatic carbocycles. The zero-order valence-electron chi connectivity index (χ0n) is 15.6. The van der Waals surface area contributed by atoms with Gasteiger partial charge in [0, 0.05) is 6.54 Å². The summed E-state index contributed by atoms with van der Waals surface area (Å²) in [7, 11) is 0. The van der Waals surface area contributed by atoms with Gasteiger partial charge < -0.3 is 24.9 Å². The number of carbonyl (C=O) groups excluding carboxylic acids is 3. The van der Waals surface area contributed by atoms with Crippen molar-refractivity contribution in [3.63, 3.8) is 0 Å². The molecular weight excluding hydrogens is 336 g/mol. The Balaban J connectivity index is 2.17. The van der Waals surface area contributed by atoms with E-state index in [2.05, 4.69) is 10.6 Å². The average molecular weight is 364 g/mol. The third-order valence-electron chi connectivity index (χ3n) is 3.29. The predicted molar refractivity (Wildman–Crippen MR) is 97.7 cm³/mol. The second-order valence-corrected chi connectivity index (χ2v) is 6.87. The maximum Gasteiger partial charge on any atom is 0.408 e. The summed E-state index contributed by atoms with van der Waals surface area (Å²) in [6, 6.07) is 8.68. The molecule has 7 heteroatoms. The van der Waals surface area contributed by atoms with Gasteiger partial charge >= 0.3 is 12.2 Å². The molecule has 144 valence electrons. The Kier molecular flexibility index (Phi) is 9.19. The lowest BCUT2D eigenvalue weighted by molar-refractivity contribution is -0.109. The predicted octanol–water partition coefficient (Wildman–Crippen LogP) is 3.18. The molecule has 2 N–H and O–H groups in total. The number of unbranched alkanes of at least 4 members (excludes halogenated alkanes) is 1. The zero-order valence-corrected chi connectivity index (χ0v) is 15.6. The number of rotatable bonds is 9. The first-order chi connectivity index (χ1) is 12.3. The van der Waals surface area contributed by atoms with Crippen molar-refractivity contribution in [2.45, 2.75) is 58.3 Å². The van der Waals surface area contributed by atoms with E-state index in [9.17, 15) is 14.4 Å². The van der Waals surface area contributed by atoms with Crippen LogP contribution in [0.1, 0.15) is 45.6 Å². The topological polar surface area (TPSA) is 93.7 Å². The first-order valence-corrected chi connectivity index (χ1v) is 8.69. The molecule has 0 radical (unpaired) electrons. The summed E-state index contributed by atoms with van der Waals surface area (Å²) in [4.78, 5) is 34.3. The van der Waals surface area contributed by atoms with Crippen LogP contribution in [0.15, 0.2) is 30.3 Å². The summed E-state index contributed by atoms with van der Waals surface area (Å²) >= 11 is 0. The highest BCUT2D eigenvalue weighted by Crippen LogP contribution is 2.07. The summed E-state index contributed by atoms with van der Waals surface area (Å²) in [5, 5.41) is 5.18. The van der Waals surface area contributed by atoms with Crippen molar-refractivity contribution in [3.8, 4) is 0 Å². The van der Waals surface area contributed by atoms with Crippen molar-refractivity contribution < 1.29 is 23.9 Å². The maximum atomic E-state index is 11.7. The SMILES string of the molecule is CC(C)(C)OC(=O)NCCCC[C@@H](C=O)NC(=O)OCc1ccccc1. The molecule has 0 aromatic heterocycles. The van der Waals surface area contributed by atoms with Crippen molar-refractivity contribution >= 4 is 18.5 Å². The minimum atomic E-state index is -0.627. The standard InChI is InChI=1S/C19H28N2O5/c1-19(2,3)26-17(23)20-12-8-7-11-16(13-22)21-18(24)25-14-15-9-5-4-6-10-15/h4-6,9-10,13,16H,7-8,11-12,14H2,1-3H3,(H,20,23)(H,21,24)/t16-/m0/s1. The van der Waals surface area contributed by atoms with Gasteiger partial charge in [-0.3, -0.25) is 0 Å². The molecule has 7 nitrogen and oxygen atoms in total. The van der Waals surface area contributed by atoms with Crippen LogP contribution in [0.2, 0.25) is 0 Å². The highest BCUT2D eigenvalue weighted by Gasteiger charge is 2.16. The van der Waals surface area contributed by atoms with Gasteiger partial charge in [-0.05, 0) is 45.6 Å². The molecule has 1 atom stereocenters. The molecule has 0 saturated carbocycles. The van der Waals surface area contributed by atoms with E-state index in [1.54, 1.807) is 20.8 Å². The molecule has 26 heavy (non-hydrogen) atoms. The largest absolute Gasteiger partial charge is 0.445 e. The van der Waals surface area contributed by atoms with Gasteiger partial charge in [0.25, 0.3) is 0 Å². The molecule has 0 saturated heterocycles. The molecular formula is C19H28N2O5. The van der Waals surface area contributed by atoms with Crippen LogP contribution < -0.4 is 10.6 Å². The summed E-state index contributed by atoms with van der Waals surface area (Å²) in [5.74, 6) is 0. The Morgan fingerprint density at radius 3 is 2.42 bits per heavy atom. The van der Waals surface area contributed by atoms with E-state index in [0.717, 1.165) is 5.56 Å². The number of aldehydes is 1. The summed E-state index contributed by atoms with van der Waals surface area (Å²) in [6.45, 7) is 5.98. The molecule has 0 bridgehead atoms. The highest BCUT2D eigenvalue weighted by atomic mass is 16.6. The van der Waals surface area contributed by atoms with E-state index < -0.39 is 23.8 Å². The molecule has 0 aliphatic heterocycles. The summed E-state index contributed by atoms with van der Waals surface area (Å²) in [6.07, 6.45) is 1.40. The van der Waals surface area contributed by atoms with Crippen molar-refractivity contribution in [1.29, 1.82) is 0 Å². The van der Waals surface area contributed by atoms with Crippen LogP contribution in [0.5, 0.6) is 0 Å². The number of nitrogens with one attached hydrogen (secondary N) is 2. The van der Waals surface area contributed by atoms with E-state index in [-0.39, 0.29) is 6.61 Å². The van der Waals surface area contributed by atoms with Gasteiger partial charge in [-0.1, -0.05) is 30.3 Å². The van der Waals surface area contributed by atoms with E-state index in [0.29, 0.717) is 32.1 Å². The van der Waals surface area contributed by atoms with E-state index >= 15 is 0 Å². The lowest BCUT2D eigenvalue weighted by Crippen LogP contribution is -2.36. The molecule has 1 aromatic carbocycles. The Morgan fingerprint density at radius 2 is 1.81 bits per heavy atom. The third-order valence-corrected chi connectivity index (χ3v) is 3.29. The van der Waals surface area contributed by atoms with Crippen LogP contribution in [0.3, 0.4) is 0 Å². The maximum absolute atomic E-state index is 11.7. The van der Waals surface area contributed by atoms with E-state index in [4.69, 9.17) is 9.47 Å². The Labute approximate surface area is 154 Å². The molecule has 0 heterocycles. The Bertz CT molecular complexity index is 569. The monoisotopic (exact) mass is 364 g/mol. The van der Waals surface area contributed by atoms with Crippen LogP contribution >= 0.6 is 0 Å². The van der Waals surface area contributed by atoms with Gasteiger partial charge in [-0.2, -0.15) is 0 Å². The molecule has 0 aliphatic rings. The molecule has 0 fully saturated rings. The first-order valence-electron chi connectivity index (χ1n) is 8.69. The minimum Gasteiger partial charge on any atom is -0.445 e. The fourth-order valence-electron chi connectivity index (χ4n) is 2.08. The van der Waals surface area contributed by atoms with Gasteiger partial charge in [0.1, 0.15) is 18.5 Å². The fraction of sp³-hybridized carbons (Fsp3) is 0.526. The number of alkyl carbamates (subject to hydrolysis) is 2. The van der Waals surface area contributed by atoms with E-state index in [1.807, 2.05) is 30.3 Å². The lowest BCUT2D eigenvalue weighted by atomic mass is 10.1. The zero-order chi connectivity index (χ0) is 19.4. The normalized spacial score (nSPS) is 12.0. The number of hydrogen-bond donors (Lipinski definition) is 2. The van der Waals surface area contributed by atoms with Crippen LogP contribution in [0.25, 0.3) is 0 Å². The molecule has 1 rings (SSSR count). The molecule has 0 spiro atoms. The second kappa shape index (κ2) is 11.1. The Hall–Kier alpha value is -2.57. The first kappa shape index (κ1) is 21.5. The quantitative estimate of drug-likeness (QED) is 0.518. The molecule has 0 unspecified atom stereocenters. The van der Waals surface area contributed by atoms with Gasteiger partial charge in [0.2, 0.25) is 0 Å². The minimum absolute atomic E-state index is 0.151. The molecule has 1 aromatic rings. The number of carbonyl (C=O) groups is 3. The highest BCUT2D eigenvalue weighted by molar-refractivity contribution is 5.73. The second-order valence-electron chi connectivity index (χ2n) is 6.87. The van der Waals surface area contributed by atoms with E-state index in [1.165, 1.54) is 0 Å². The average Bonchev–Trinajstić information content (AvgIpc) is 2.58. The summed E-state index contributed by atoms with van der Waals surface area (Å²) < 4.78 is 10.2. The smallest absolute Gasteiger partial charge is 0.408 e. The van der Waals surface area contributed by atoms with Gasteiger partial charge in [-0.15, -0.1) is 0 Å². The number of ether oxygens (including phenoxy) is 2. The van der Waals surface area contributed by atoms with Crippen LogP contribution in [0.4, 0.5) is 9.59 Å². The number of benzene rings is 1. The number of amides is 2. The molecule has 2 amide bonds. The lowest BCUT2D eigenvalue weighted by Gasteiger charge is -2.19. The van der Waals surface area contributed by atoms with Crippen molar-refractivity contribution in [1.82, 2.24) is 10.6 Å².